The molecule has 3 aromatic carbocycles. The summed E-state index contributed by atoms with van der Waals surface area (Å²) in [4.78, 5) is 39.7. The Morgan fingerprint density at radius 2 is 1.73 bits per heavy atom. The van der Waals surface area contributed by atoms with Crippen LogP contribution in [0.15, 0.2) is 71.6 Å². The molecule has 1 fully saturated rings. The number of amides is 3. The summed E-state index contributed by atoms with van der Waals surface area (Å²) in [6.07, 6.45) is 1.68. The summed E-state index contributed by atoms with van der Waals surface area (Å²) < 4.78 is 2.00. The van der Waals surface area contributed by atoms with E-state index in [1.165, 1.54) is 0 Å². The van der Waals surface area contributed by atoms with E-state index >= 15 is 0 Å². The third-order valence-corrected chi connectivity index (χ3v) is 7.80. The zero-order chi connectivity index (χ0) is 26.3. The second-order valence-corrected chi connectivity index (χ2v) is 10.4. The van der Waals surface area contributed by atoms with Gasteiger partial charge in [-0.3, -0.25) is 19.3 Å². The van der Waals surface area contributed by atoms with Crippen molar-refractivity contribution in [2.24, 2.45) is 0 Å². The lowest BCUT2D eigenvalue weighted by atomic mass is 10.1. The molecule has 5 rings (SSSR count). The van der Waals surface area contributed by atoms with Gasteiger partial charge in [-0.2, -0.15) is 0 Å². The summed E-state index contributed by atoms with van der Waals surface area (Å²) >= 11 is 13.1. The van der Waals surface area contributed by atoms with Crippen molar-refractivity contribution in [2.45, 2.75) is 13.8 Å². The maximum atomic E-state index is 13.1. The zero-order valence-electron chi connectivity index (χ0n) is 19.9. The number of benzene rings is 3. The second-order valence-electron chi connectivity index (χ2n) is 8.60. The number of aromatic nitrogens is 1. The highest BCUT2D eigenvalue weighted by Gasteiger charge is 2.36. The van der Waals surface area contributed by atoms with Gasteiger partial charge in [0.1, 0.15) is 6.54 Å². The Bertz CT molecular complexity index is 1620. The van der Waals surface area contributed by atoms with Gasteiger partial charge in [0.15, 0.2) is 0 Å². The molecule has 0 bridgehead atoms. The summed E-state index contributed by atoms with van der Waals surface area (Å²) in [5.74, 6) is -0.944. The number of halogens is 2. The van der Waals surface area contributed by atoms with Crippen molar-refractivity contribution < 1.29 is 14.4 Å². The molecular formula is C28H21Cl2N3O3S. The number of anilines is 1. The minimum atomic E-state index is -0.498. The van der Waals surface area contributed by atoms with E-state index < -0.39 is 17.1 Å². The maximum absolute atomic E-state index is 13.1. The fourth-order valence-corrected chi connectivity index (χ4v) is 5.52. The van der Waals surface area contributed by atoms with Crippen LogP contribution in [0, 0.1) is 13.8 Å². The highest BCUT2D eigenvalue weighted by molar-refractivity contribution is 8.18. The van der Waals surface area contributed by atoms with Crippen LogP contribution in [0.4, 0.5) is 10.5 Å². The van der Waals surface area contributed by atoms with E-state index in [9.17, 15) is 14.4 Å². The molecular weight excluding hydrogens is 529 g/mol. The number of rotatable bonds is 5. The molecule has 1 aromatic heterocycles. The van der Waals surface area contributed by atoms with Gasteiger partial charge in [0, 0.05) is 28.1 Å². The molecule has 1 N–H and O–H groups in total. The Morgan fingerprint density at radius 1 is 0.973 bits per heavy atom. The number of nitrogens with zero attached hydrogens (tertiary/aromatic N) is 2. The van der Waals surface area contributed by atoms with Crippen LogP contribution >= 0.6 is 35.0 Å². The van der Waals surface area contributed by atoms with Gasteiger partial charge in [0.2, 0.25) is 5.91 Å². The number of aryl methyl sites for hydroxylation is 1. The first-order valence-electron chi connectivity index (χ1n) is 11.4. The van der Waals surface area contributed by atoms with Crippen LogP contribution in [-0.2, 0) is 9.59 Å². The van der Waals surface area contributed by atoms with E-state index in [0.717, 1.165) is 50.1 Å². The number of nitrogens with one attached hydrogen (secondary N) is 1. The van der Waals surface area contributed by atoms with E-state index in [-0.39, 0.29) is 11.4 Å². The highest BCUT2D eigenvalue weighted by atomic mass is 35.5. The molecule has 0 saturated carbocycles. The Labute approximate surface area is 227 Å². The monoisotopic (exact) mass is 549 g/mol. The molecule has 1 aliphatic heterocycles. The Kier molecular flexibility index (Phi) is 6.86. The van der Waals surface area contributed by atoms with Gasteiger partial charge in [-0.05, 0) is 73.0 Å². The smallest absolute Gasteiger partial charge is 0.294 e. The van der Waals surface area contributed by atoms with E-state index in [0.29, 0.717) is 15.7 Å². The predicted octanol–water partition coefficient (Wildman–Crippen LogP) is 7.23. The zero-order valence-corrected chi connectivity index (χ0v) is 22.2. The van der Waals surface area contributed by atoms with Crippen LogP contribution in [0.3, 0.4) is 0 Å². The molecule has 186 valence electrons. The molecule has 9 heteroatoms. The first-order valence-corrected chi connectivity index (χ1v) is 13.0. The molecule has 1 aliphatic rings. The number of carbonyl (C=O) groups is 3. The lowest BCUT2D eigenvalue weighted by Crippen LogP contribution is -2.36. The van der Waals surface area contributed by atoms with Gasteiger partial charge in [-0.1, -0.05) is 59.6 Å². The summed E-state index contributed by atoms with van der Waals surface area (Å²) in [6.45, 7) is 3.49. The van der Waals surface area contributed by atoms with Crippen molar-refractivity contribution in [1.29, 1.82) is 0 Å². The van der Waals surface area contributed by atoms with E-state index in [1.54, 1.807) is 24.3 Å². The first-order chi connectivity index (χ1) is 17.7. The van der Waals surface area contributed by atoms with Crippen molar-refractivity contribution in [2.75, 3.05) is 11.9 Å². The molecule has 0 radical (unpaired) electrons. The normalized spacial score (nSPS) is 14.7. The third-order valence-electron chi connectivity index (χ3n) is 6.16. The van der Waals surface area contributed by atoms with Crippen molar-refractivity contribution in [3.63, 3.8) is 0 Å². The standard InChI is InChI=1S/C28H21Cl2N3O3S/c1-16-12-19(17(2)33(16)20-10-11-22(29)23(30)14-20)13-25-27(35)32(28(36)37-25)15-26(34)31-24-9-5-7-18-6-3-4-8-21(18)24/h3-14H,15H2,1-2H3,(H,31,34)/b25-13-. The van der Waals surface area contributed by atoms with Crippen LogP contribution in [0.5, 0.6) is 0 Å². The van der Waals surface area contributed by atoms with Crippen molar-refractivity contribution in [3.8, 4) is 5.69 Å². The van der Waals surface area contributed by atoms with Crippen molar-refractivity contribution >= 4 is 74.6 Å². The van der Waals surface area contributed by atoms with Crippen LogP contribution in [0.25, 0.3) is 22.5 Å². The summed E-state index contributed by atoms with van der Waals surface area (Å²) in [5.41, 5.74) is 4.05. The number of thioether (sulfide) groups is 1. The van der Waals surface area contributed by atoms with Crippen LogP contribution in [0.1, 0.15) is 17.0 Å². The Hall–Kier alpha value is -3.52. The molecule has 37 heavy (non-hydrogen) atoms. The third kappa shape index (κ3) is 4.90. The highest BCUT2D eigenvalue weighted by Crippen LogP contribution is 2.34. The van der Waals surface area contributed by atoms with Crippen molar-refractivity contribution in [3.05, 3.63) is 98.6 Å². The molecule has 0 aliphatic carbocycles. The van der Waals surface area contributed by atoms with Gasteiger partial charge < -0.3 is 9.88 Å². The molecule has 6 nitrogen and oxygen atoms in total. The molecule has 0 spiro atoms. The summed E-state index contributed by atoms with van der Waals surface area (Å²) in [5, 5.41) is 5.11. The quantitative estimate of drug-likeness (QED) is 0.266. The Morgan fingerprint density at radius 3 is 2.51 bits per heavy atom. The minimum absolute atomic E-state index is 0.261. The number of hydrogen-bond acceptors (Lipinski definition) is 4. The molecule has 4 aromatic rings. The van der Waals surface area contributed by atoms with E-state index in [1.807, 2.05) is 66.9 Å². The molecule has 1 saturated heterocycles. The Balaban J connectivity index is 1.35. The summed E-state index contributed by atoms with van der Waals surface area (Å²) in [7, 11) is 0. The maximum Gasteiger partial charge on any atom is 0.294 e. The average Bonchev–Trinajstić information content (AvgIpc) is 3.30. The summed E-state index contributed by atoms with van der Waals surface area (Å²) in [6, 6.07) is 20.5. The largest absolute Gasteiger partial charge is 0.324 e. The lowest BCUT2D eigenvalue weighted by molar-refractivity contribution is -0.127. The SMILES string of the molecule is Cc1cc(/C=C2\SC(=O)N(CC(=O)Nc3cccc4ccccc34)C2=O)c(C)n1-c1ccc(Cl)c(Cl)c1. The first kappa shape index (κ1) is 25.1. The van der Waals surface area contributed by atoms with Gasteiger partial charge in [0.25, 0.3) is 11.1 Å². The molecule has 0 unspecified atom stereocenters. The van der Waals surface area contributed by atoms with Crippen LogP contribution in [0.2, 0.25) is 10.0 Å². The average molecular weight is 550 g/mol. The number of carbonyl (C=O) groups excluding carboxylic acids is 3. The van der Waals surface area contributed by atoms with Gasteiger partial charge >= 0.3 is 0 Å². The van der Waals surface area contributed by atoms with Crippen LogP contribution < -0.4 is 5.32 Å². The van der Waals surface area contributed by atoms with E-state index in [2.05, 4.69) is 5.32 Å². The minimum Gasteiger partial charge on any atom is -0.324 e. The molecule has 3 amide bonds. The van der Waals surface area contributed by atoms with Crippen molar-refractivity contribution in [1.82, 2.24) is 9.47 Å². The predicted molar refractivity (Wildman–Crippen MR) is 151 cm³/mol. The second kappa shape index (κ2) is 10.1. The van der Waals surface area contributed by atoms with E-state index in [4.69, 9.17) is 23.2 Å². The molecule has 2 heterocycles. The number of fused-ring (bicyclic) bond motifs is 1. The van der Waals surface area contributed by atoms with Gasteiger partial charge in [-0.15, -0.1) is 0 Å². The molecule has 0 atom stereocenters. The topological polar surface area (TPSA) is 71.4 Å². The van der Waals surface area contributed by atoms with Crippen LogP contribution in [-0.4, -0.2) is 33.1 Å². The number of hydrogen-bond donors (Lipinski definition) is 1. The van der Waals surface area contributed by atoms with Gasteiger partial charge in [-0.25, -0.2) is 0 Å². The fraction of sp³-hybridized carbons (Fsp3) is 0.107. The number of imide groups is 1. The lowest BCUT2D eigenvalue weighted by Gasteiger charge is -2.13. The fourth-order valence-electron chi connectivity index (χ4n) is 4.40. The van der Waals surface area contributed by atoms with Gasteiger partial charge in [0.05, 0.1) is 15.0 Å².